The van der Waals surface area contributed by atoms with Gasteiger partial charge in [0.2, 0.25) is 0 Å². The average Bonchev–Trinajstić information content (AvgIpc) is 2.46. The Kier molecular flexibility index (Phi) is 4.77. The summed E-state index contributed by atoms with van der Waals surface area (Å²) in [5, 5.41) is 20.5. The highest BCUT2D eigenvalue weighted by molar-refractivity contribution is 5.68. The van der Waals surface area contributed by atoms with Crippen molar-refractivity contribution in [1.29, 1.82) is 0 Å². The first kappa shape index (κ1) is 17.1. The monoisotopic (exact) mass is 322 g/mol. The first-order valence-electron chi connectivity index (χ1n) is 7.62. The van der Waals surface area contributed by atoms with Gasteiger partial charge in [0.15, 0.2) is 5.75 Å². The number of nitro benzene ring substituents is 1. The van der Waals surface area contributed by atoms with E-state index in [-0.39, 0.29) is 23.4 Å². The van der Waals surface area contributed by atoms with E-state index in [1.165, 1.54) is 12.1 Å². The number of nitrogens with zero attached hydrogens (tertiary/aromatic N) is 2. The topological polar surface area (TPSA) is 92.9 Å². The second-order valence-corrected chi connectivity index (χ2v) is 6.77. The van der Waals surface area contributed by atoms with Crippen LogP contribution in [0.25, 0.3) is 0 Å². The van der Waals surface area contributed by atoms with Gasteiger partial charge < -0.3 is 14.7 Å². The Morgan fingerprint density at radius 2 is 2.13 bits per heavy atom. The molecule has 1 unspecified atom stereocenters. The van der Waals surface area contributed by atoms with Crippen LogP contribution in [0.2, 0.25) is 0 Å². The number of benzene rings is 1. The number of hydrogen-bond donors (Lipinski definition) is 1. The second kappa shape index (κ2) is 6.44. The van der Waals surface area contributed by atoms with Gasteiger partial charge in [-0.25, -0.2) is 4.79 Å². The van der Waals surface area contributed by atoms with Crippen LogP contribution in [-0.2, 0) is 4.74 Å². The van der Waals surface area contributed by atoms with Crippen LogP contribution in [0.15, 0.2) is 18.2 Å². The van der Waals surface area contributed by atoms with Crippen molar-refractivity contribution < 1.29 is 19.6 Å². The summed E-state index contributed by atoms with van der Waals surface area (Å²) in [5.74, 6) is -0.353. The average molecular weight is 322 g/mol. The molecule has 1 aliphatic heterocycles. The lowest BCUT2D eigenvalue weighted by Gasteiger charge is -2.34. The number of hydrogen-bond acceptors (Lipinski definition) is 5. The molecule has 1 fully saturated rings. The maximum atomic E-state index is 12.2. The second-order valence-electron chi connectivity index (χ2n) is 6.77. The summed E-state index contributed by atoms with van der Waals surface area (Å²) in [4.78, 5) is 24.2. The number of aromatic hydroxyl groups is 1. The lowest BCUT2D eigenvalue weighted by atomic mass is 9.90. The Balaban J connectivity index is 2.14. The van der Waals surface area contributed by atoms with Crippen LogP contribution in [0.5, 0.6) is 5.75 Å². The molecule has 1 amide bonds. The molecule has 2 rings (SSSR count). The fraction of sp³-hybridized carbons (Fsp3) is 0.562. The Morgan fingerprint density at radius 1 is 1.43 bits per heavy atom. The SMILES string of the molecule is CC(C)(C)OC(=O)N1CCCC(c2ccc(O)c([N+](=O)[O-])c2)C1. The molecule has 1 heterocycles. The molecule has 1 aromatic carbocycles. The smallest absolute Gasteiger partial charge is 0.410 e. The Morgan fingerprint density at radius 3 is 2.74 bits per heavy atom. The summed E-state index contributed by atoms with van der Waals surface area (Å²) in [7, 11) is 0. The molecule has 1 aromatic rings. The highest BCUT2D eigenvalue weighted by Gasteiger charge is 2.29. The fourth-order valence-electron chi connectivity index (χ4n) is 2.68. The van der Waals surface area contributed by atoms with Gasteiger partial charge in [0.1, 0.15) is 5.60 Å². The minimum absolute atomic E-state index is 0.00410. The van der Waals surface area contributed by atoms with Crippen LogP contribution < -0.4 is 0 Å². The van der Waals surface area contributed by atoms with E-state index < -0.39 is 10.5 Å². The number of piperidine rings is 1. The molecule has 7 nitrogen and oxygen atoms in total. The zero-order valence-electron chi connectivity index (χ0n) is 13.6. The molecule has 0 bridgehead atoms. The fourth-order valence-corrected chi connectivity index (χ4v) is 2.68. The van der Waals surface area contributed by atoms with Crippen LogP contribution in [0.4, 0.5) is 10.5 Å². The zero-order chi connectivity index (χ0) is 17.2. The first-order valence-corrected chi connectivity index (χ1v) is 7.62. The third-order valence-corrected chi connectivity index (χ3v) is 3.74. The highest BCUT2D eigenvalue weighted by Crippen LogP contribution is 2.33. The van der Waals surface area contributed by atoms with E-state index >= 15 is 0 Å². The van der Waals surface area contributed by atoms with E-state index in [0.717, 1.165) is 18.4 Å². The third-order valence-electron chi connectivity index (χ3n) is 3.74. The van der Waals surface area contributed by atoms with Gasteiger partial charge in [-0.3, -0.25) is 10.1 Å². The molecule has 0 aromatic heterocycles. The van der Waals surface area contributed by atoms with Crippen LogP contribution in [0.3, 0.4) is 0 Å². The molecule has 23 heavy (non-hydrogen) atoms. The summed E-state index contributed by atoms with van der Waals surface area (Å²) < 4.78 is 5.38. The number of carbonyl (C=O) groups is 1. The van der Waals surface area contributed by atoms with Gasteiger partial charge in [-0.05, 0) is 45.2 Å². The summed E-state index contributed by atoms with van der Waals surface area (Å²) in [6, 6.07) is 4.39. The highest BCUT2D eigenvalue weighted by atomic mass is 16.6. The molecule has 0 radical (unpaired) electrons. The van der Waals surface area contributed by atoms with Crippen molar-refractivity contribution in [3.05, 3.63) is 33.9 Å². The Hall–Kier alpha value is -2.31. The van der Waals surface area contributed by atoms with E-state index in [1.54, 1.807) is 11.0 Å². The maximum absolute atomic E-state index is 12.2. The van der Waals surface area contributed by atoms with Gasteiger partial charge in [0, 0.05) is 25.1 Å². The number of phenolic OH excluding ortho intramolecular Hbond substituents is 1. The van der Waals surface area contributed by atoms with Crippen LogP contribution in [0.1, 0.15) is 45.1 Å². The predicted octanol–water partition coefficient (Wildman–Crippen LogP) is 3.41. The molecule has 1 N–H and O–H groups in total. The molecular formula is C16H22N2O5. The van der Waals surface area contributed by atoms with Gasteiger partial charge in [-0.1, -0.05) is 6.07 Å². The number of ether oxygens (including phenoxy) is 1. The van der Waals surface area contributed by atoms with E-state index in [4.69, 9.17) is 4.74 Å². The summed E-state index contributed by atoms with van der Waals surface area (Å²) in [6.45, 7) is 6.52. The van der Waals surface area contributed by atoms with Crippen molar-refractivity contribution in [2.75, 3.05) is 13.1 Å². The Labute approximate surface area is 135 Å². The van der Waals surface area contributed by atoms with Crippen molar-refractivity contribution in [1.82, 2.24) is 4.90 Å². The number of carbonyl (C=O) groups excluding carboxylic acids is 1. The molecule has 0 spiro atoms. The standard InChI is InChI=1S/C16H22N2O5/c1-16(2,3)23-15(20)17-8-4-5-12(10-17)11-6-7-14(19)13(9-11)18(21)22/h6-7,9,12,19H,4-5,8,10H2,1-3H3. The molecule has 1 aliphatic rings. The molecule has 0 aliphatic carbocycles. The van der Waals surface area contributed by atoms with Gasteiger partial charge in [-0.2, -0.15) is 0 Å². The minimum atomic E-state index is -0.604. The number of rotatable bonds is 2. The summed E-state index contributed by atoms with van der Waals surface area (Å²) in [6.07, 6.45) is 1.27. The summed E-state index contributed by atoms with van der Waals surface area (Å²) in [5.41, 5.74) is -0.110. The summed E-state index contributed by atoms with van der Waals surface area (Å²) >= 11 is 0. The minimum Gasteiger partial charge on any atom is -0.502 e. The van der Waals surface area contributed by atoms with E-state index in [2.05, 4.69) is 0 Å². The number of amides is 1. The van der Waals surface area contributed by atoms with E-state index in [1.807, 2.05) is 20.8 Å². The van der Waals surface area contributed by atoms with Crippen molar-refractivity contribution in [2.45, 2.75) is 45.1 Å². The van der Waals surface area contributed by atoms with Crippen molar-refractivity contribution >= 4 is 11.8 Å². The van der Waals surface area contributed by atoms with Crippen LogP contribution >= 0.6 is 0 Å². The number of phenols is 1. The molecule has 1 saturated heterocycles. The van der Waals surface area contributed by atoms with Gasteiger partial charge in [0.25, 0.3) is 0 Å². The maximum Gasteiger partial charge on any atom is 0.410 e. The molecular weight excluding hydrogens is 300 g/mol. The van der Waals surface area contributed by atoms with Crippen LogP contribution in [0, 0.1) is 10.1 Å². The molecule has 1 atom stereocenters. The van der Waals surface area contributed by atoms with Crippen LogP contribution in [-0.4, -0.2) is 39.7 Å². The largest absolute Gasteiger partial charge is 0.502 e. The molecule has 7 heteroatoms. The van der Waals surface area contributed by atoms with Crippen molar-refractivity contribution in [3.8, 4) is 5.75 Å². The van der Waals surface area contributed by atoms with E-state index in [9.17, 15) is 20.0 Å². The van der Waals surface area contributed by atoms with Gasteiger partial charge in [0.05, 0.1) is 4.92 Å². The third kappa shape index (κ3) is 4.34. The lowest BCUT2D eigenvalue weighted by molar-refractivity contribution is -0.385. The zero-order valence-corrected chi connectivity index (χ0v) is 13.6. The van der Waals surface area contributed by atoms with Gasteiger partial charge in [-0.15, -0.1) is 0 Å². The quantitative estimate of drug-likeness (QED) is 0.665. The van der Waals surface area contributed by atoms with E-state index in [0.29, 0.717) is 13.1 Å². The van der Waals surface area contributed by atoms with Crippen molar-refractivity contribution in [3.63, 3.8) is 0 Å². The molecule has 0 saturated carbocycles. The van der Waals surface area contributed by atoms with Crippen molar-refractivity contribution in [2.24, 2.45) is 0 Å². The Bertz CT molecular complexity index is 609. The molecule has 126 valence electrons. The number of nitro groups is 1. The van der Waals surface area contributed by atoms with Gasteiger partial charge >= 0.3 is 11.8 Å². The lowest BCUT2D eigenvalue weighted by Crippen LogP contribution is -2.42. The number of likely N-dealkylation sites (tertiary alicyclic amines) is 1. The predicted molar refractivity (Wildman–Crippen MR) is 84.5 cm³/mol. The first-order chi connectivity index (χ1) is 10.7. The normalized spacial score (nSPS) is 18.6.